The number of hydrogen-bond donors (Lipinski definition) is 4. The van der Waals surface area contributed by atoms with E-state index in [0.29, 0.717) is 22.9 Å². The number of aliphatic hydroxyl groups excluding tert-OH is 1. The van der Waals surface area contributed by atoms with Gasteiger partial charge in [0.2, 0.25) is 5.16 Å². The average molecular weight is 599 g/mol. The van der Waals surface area contributed by atoms with Crippen LogP contribution >= 0.6 is 34.9 Å². The summed E-state index contributed by atoms with van der Waals surface area (Å²) in [7, 11) is 1.66. The van der Waals surface area contributed by atoms with Crippen molar-refractivity contribution in [2.75, 3.05) is 16.8 Å². The Morgan fingerprint density at radius 2 is 2.10 bits per heavy atom. The molecule has 0 saturated carbocycles. The molecule has 1 saturated heterocycles. The fraction of sp³-hybridized carbons (Fsp3) is 0.524. The second-order valence-corrected chi connectivity index (χ2v) is 12.0. The van der Waals surface area contributed by atoms with Crippen LogP contribution in [0.4, 0.5) is 9.93 Å². The summed E-state index contributed by atoms with van der Waals surface area (Å²) >= 11 is 3.54. The van der Waals surface area contributed by atoms with Gasteiger partial charge < -0.3 is 20.3 Å². The molecule has 2 aliphatic heterocycles. The van der Waals surface area contributed by atoms with Gasteiger partial charge in [-0.2, -0.15) is 0 Å². The summed E-state index contributed by atoms with van der Waals surface area (Å²) in [5.41, 5.74) is -0.303. The highest BCUT2D eigenvalue weighted by molar-refractivity contribution is 8.01. The highest BCUT2D eigenvalue weighted by Gasteiger charge is 2.54. The predicted octanol–water partition coefficient (Wildman–Crippen LogP) is 0.968. The van der Waals surface area contributed by atoms with Crippen molar-refractivity contribution < 1.29 is 34.1 Å². The van der Waals surface area contributed by atoms with Gasteiger partial charge in [0.1, 0.15) is 22.7 Å². The summed E-state index contributed by atoms with van der Waals surface area (Å²) in [6, 6.07) is -1.02. The number of hydrogen-bond acceptors (Lipinski definition) is 13. The summed E-state index contributed by atoms with van der Waals surface area (Å²) < 4.78 is 6.75. The van der Waals surface area contributed by atoms with Crippen molar-refractivity contribution in [3.63, 3.8) is 0 Å². The summed E-state index contributed by atoms with van der Waals surface area (Å²) in [4.78, 5) is 54.9. The molecule has 4 rings (SSSR count). The second-order valence-electron chi connectivity index (χ2n) is 9.13. The molecule has 4 N–H and O–H groups in total. The van der Waals surface area contributed by atoms with Gasteiger partial charge in [-0.3, -0.25) is 19.8 Å². The van der Waals surface area contributed by atoms with Gasteiger partial charge >= 0.3 is 12.1 Å². The summed E-state index contributed by atoms with van der Waals surface area (Å²) in [6.07, 6.45) is -1.83. The van der Waals surface area contributed by atoms with E-state index in [1.54, 1.807) is 20.9 Å². The Morgan fingerprint density at radius 1 is 1.36 bits per heavy atom. The molecule has 4 heterocycles. The Kier molecular flexibility index (Phi) is 8.48. The molecule has 3 amide bonds. The number of rotatable bonds is 10. The van der Waals surface area contributed by atoms with Crippen molar-refractivity contribution in [3.05, 3.63) is 22.3 Å². The Balaban J connectivity index is 1.37. The van der Waals surface area contributed by atoms with Crippen LogP contribution in [0.1, 0.15) is 39.0 Å². The van der Waals surface area contributed by atoms with E-state index in [0.717, 1.165) is 16.2 Å². The molecule has 210 valence electrons. The number of aliphatic hydroxyl groups is 1. The van der Waals surface area contributed by atoms with Crippen molar-refractivity contribution in [1.82, 2.24) is 35.4 Å². The van der Waals surface area contributed by atoms with E-state index in [1.807, 2.05) is 6.92 Å². The first kappa shape index (κ1) is 28.8. The van der Waals surface area contributed by atoms with Crippen LogP contribution in [-0.2, 0) is 26.2 Å². The van der Waals surface area contributed by atoms with Crippen LogP contribution in [-0.4, -0.2) is 92.7 Å². The number of nitrogens with zero attached hydrogens (tertiary/aromatic N) is 6. The molecule has 3 atom stereocenters. The number of nitrogens with one attached hydrogen (secondary N) is 2. The number of aliphatic carboxylic acids is 1. The molecule has 0 aromatic carbocycles. The average Bonchev–Trinajstić information content (AvgIpc) is 3.52. The number of ether oxygens (including phenoxy) is 1. The molecular formula is C21H26N8O7S3. The van der Waals surface area contributed by atoms with Crippen molar-refractivity contribution in [2.24, 2.45) is 7.05 Å². The van der Waals surface area contributed by atoms with Crippen LogP contribution in [0.2, 0.25) is 0 Å². The molecule has 15 nitrogen and oxygen atoms in total. The molecule has 2 aromatic heterocycles. The van der Waals surface area contributed by atoms with Gasteiger partial charge in [-0.25, -0.2) is 19.3 Å². The molecule has 0 bridgehead atoms. The van der Waals surface area contributed by atoms with Crippen molar-refractivity contribution in [2.45, 2.75) is 55.5 Å². The minimum atomic E-state index is -1.71. The monoisotopic (exact) mass is 598 g/mol. The summed E-state index contributed by atoms with van der Waals surface area (Å²) in [5.74, 6) is -2.16. The number of thioether (sulfide) groups is 2. The minimum Gasteiger partial charge on any atom is -0.477 e. The topological polar surface area (TPSA) is 202 Å². The normalized spacial score (nSPS) is 19.7. The first-order chi connectivity index (χ1) is 18.4. The third-order valence-corrected chi connectivity index (χ3v) is 9.20. The first-order valence-electron chi connectivity index (χ1n) is 11.6. The zero-order valence-electron chi connectivity index (χ0n) is 21.3. The lowest BCUT2D eigenvalue weighted by Crippen LogP contribution is -2.70. The fourth-order valence-corrected chi connectivity index (χ4v) is 6.61. The molecular weight excluding hydrogens is 572 g/mol. The highest BCUT2D eigenvalue weighted by Crippen LogP contribution is 2.41. The SMILES string of the molecule is CCC(C)(C)OC(=O)Nc1nc(C(O)C(=O)NC2C(=O)N3C(C(=O)O)=C(CSc4nnnn4C)CS[C@H]23)cs1. The molecule has 2 aliphatic rings. The summed E-state index contributed by atoms with van der Waals surface area (Å²) in [5, 5.41) is 37.8. The van der Waals surface area contributed by atoms with Gasteiger partial charge in [-0.1, -0.05) is 18.7 Å². The number of tetrazole rings is 1. The maximum absolute atomic E-state index is 12.9. The van der Waals surface area contributed by atoms with E-state index in [4.69, 9.17) is 4.74 Å². The molecule has 18 heteroatoms. The number of carboxylic acid groups (broad SMARTS) is 1. The van der Waals surface area contributed by atoms with Crippen LogP contribution in [0.25, 0.3) is 0 Å². The van der Waals surface area contributed by atoms with Crippen LogP contribution < -0.4 is 10.6 Å². The fourth-order valence-electron chi connectivity index (χ4n) is 3.56. The lowest BCUT2D eigenvalue weighted by Gasteiger charge is -2.49. The minimum absolute atomic E-state index is 0.0221. The maximum Gasteiger partial charge on any atom is 0.413 e. The lowest BCUT2D eigenvalue weighted by molar-refractivity contribution is -0.151. The largest absolute Gasteiger partial charge is 0.477 e. The van der Waals surface area contributed by atoms with Gasteiger partial charge in [0.05, 0.1) is 5.69 Å². The lowest BCUT2D eigenvalue weighted by atomic mass is 10.0. The smallest absolute Gasteiger partial charge is 0.413 e. The van der Waals surface area contributed by atoms with E-state index >= 15 is 0 Å². The molecule has 39 heavy (non-hydrogen) atoms. The van der Waals surface area contributed by atoms with Gasteiger partial charge in [0.25, 0.3) is 11.8 Å². The third-order valence-electron chi connectivity index (χ3n) is 5.98. The molecule has 0 aliphatic carbocycles. The number of carboxylic acids is 1. The maximum atomic E-state index is 12.9. The molecule has 2 aromatic rings. The van der Waals surface area contributed by atoms with E-state index in [9.17, 15) is 29.4 Å². The molecule has 0 spiro atoms. The molecule has 2 unspecified atom stereocenters. The zero-order chi connectivity index (χ0) is 28.5. The standard InChI is InChI=1S/C21H26N8O7S3/c1-5-21(2,3)36-20(35)24-18-22-10(8-38-18)13(30)14(31)23-11-15(32)29-12(17(33)34)9(6-37-16(11)29)7-39-19-25-26-27-28(19)4/h8,11,13,16,30H,5-7H2,1-4H3,(H,23,31)(H,33,34)(H,22,24,35)/t11?,13?,16-/m1/s1. The Hall–Kier alpha value is -3.22. The number of aromatic nitrogens is 5. The number of anilines is 1. The van der Waals surface area contributed by atoms with E-state index < -0.39 is 47.0 Å². The highest BCUT2D eigenvalue weighted by atomic mass is 32.2. The van der Waals surface area contributed by atoms with Crippen molar-refractivity contribution >= 4 is 63.9 Å². The van der Waals surface area contributed by atoms with Crippen molar-refractivity contribution in [3.8, 4) is 0 Å². The number of aryl methyl sites for hydroxylation is 1. The Labute approximate surface area is 234 Å². The van der Waals surface area contributed by atoms with Crippen LogP contribution in [0.3, 0.4) is 0 Å². The molecule has 0 radical (unpaired) electrons. The van der Waals surface area contributed by atoms with Crippen molar-refractivity contribution in [1.29, 1.82) is 0 Å². The van der Waals surface area contributed by atoms with Gasteiger partial charge in [0, 0.05) is 23.9 Å². The summed E-state index contributed by atoms with van der Waals surface area (Å²) in [6.45, 7) is 5.39. The predicted molar refractivity (Wildman–Crippen MR) is 141 cm³/mol. The number of carbonyl (C=O) groups is 4. The van der Waals surface area contributed by atoms with Crippen LogP contribution in [0.5, 0.6) is 0 Å². The van der Waals surface area contributed by atoms with Crippen LogP contribution in [0, 0.1) is 0 Å². The van der Waals surface area contributed by atoms with E-state index in [2.05, 4.69) is 31.1 Å². The second kappa shape index (κ2) is 11.5. The Morgan fingerprint density at radius 3 is 2.74 bits per heavy atom. The number of fused-ring (bicyclic) bond motifs is 1. The third kappa shape index (κ3) is 6.18. The number of thiazole rings is 1. The first-order valence-corrected chi connectivity index (χ1v) is 14.5. The number of amides is 3. The number of carbonyl (C=O) groups excluding carboxylic acids is 3. The Bertz CT molecular complexity index is 1330. The molecule has 1 fully saturated rings. The quantitative estimate of drug-likeness (QED) is 0.223. The van der Waals surface area contributed by atoms with E-state index in [-0.39, 0.29) is 22.3 Å². The zero-order valence-corrected chi connectivity index (χ0v) is 23.7. The van der Waals surface area contributed by atoms with E-state index in [1.165, 1.54) is 33.6 Å². The van der Waals surface area contributed by atoms with Crippen LogP contribution in [0.15, 0.2) is 21.8 Å². The van der Waals surface area contributed by atoms with Gasteiger partial charge in [-0.05, 0) is 36.3 Å². The van der Waals surface area contributed by atoms with Gasteiger partial charge in [0.15, 0.2) is 11.2 Å². The number of β-lactam (4-membered cyclic amide) rings is 1. The van der Waals surface area contributed by atoms with Gasteiger partial charge in [-0.15, -0.1) is 28.2 Å².